The maximum absolute atomic E-state index is 14.1. The van der Waals surface area contributed by atoms with E-state index in [9.17, 15) is 18.0 Å². The summed E-state index contributed by atoms with van der Waals surface area (Å²) in [7, 11) is -4.19. The molecular formula is C30H34Cl3N3O4S. The van der Waals surface area contributed by atoms with E-state index in [1.165, 1.54) is 29.2 Å². The lowest BCUT2D eigenvalue weighted by molar-refractivity contribution is -0.140. The summed E-state index contributed by atoms with van der Waals surface area (Å²) in [5, 5.41) is 4.04. The third-order valence-electron chi connectivity index (χ3n) is 6.40. The molecule has 1 atom stereocenters. The van der Waals surface area contributed by atoms with Gasteiger partial charge in [-0.05, 0) is 78.9 Å². The van der Waals surface area contributed by atoms with Gasteiger partial charge < -0.3 is 10.2 Å². The second-order valence-electron chi connectivity index (χ2n) is 10.1. The number of sulfonamides is 1. The van der Waals surface area contributed by atoms with Crippen LogP contribution >= 0.6 is 34.8 Å². The minimum Gasteiger partial charge on any atom is -0.354 e. The summed E-state index contributed by atoms with van der Waals surface area (Å²) in [6.07, 6.45) is 0.301. The smallest absolute Gasteiger partial charge is 0.264 e. The largest absolute Gasteiger partial charge is 0.354 e. The zero-order chi connectivity index (χ0) is 30.3. The molecule has 0 aliphatic heterocycles. The van der Waals surface area contributed by atoms with E-state index >= 15 is 0 Å². The molecule has 3 aromatic rings. The van der Waals surface area contributed by atoms with E-state index in [1.807, 2.05) is 26.8 Å². The second kappa shape index (κ2) is 14.4. The Morgan fingerprint density at radius 1 is 0.927 bits per heavy atom. The number of rotatable bonds is 12. The van der Waals surface area contributed by atoms with Crippen LogP contribution < -0.4 is 9.62 Å². The van der Waals surface area contributed by atoms with Crippen LogP contribution in [0.1, 0.15) is 38.3 Å². The molecule has 0 aliphatic rings. The molecule has 3 rings (SSSR count). The lowest BCUT2D eigenvalue weighted by atomic mass is 10.1. The maximum Gasteiger partial charge on any atom is 0.264 e. The first kappa shape index (κ1) is 32.7. The number of halogens is 3. The maximum atomic E-state index is 14.1. The van der Waals surface area contributed by atoms with Gasteiger partial charge in [-0.2, -0.15) is 0 Å². The van der Waals surface area contributed by atoms with Gasteiger partial charge in [0.2, 0.25) is 11.8 Å². The van der Waals surface area contributed by atoms with Crippen LogP contribution in [0.4, 0.5) is 5.69 Å². The number of carbonyl (C=O) groups excluding carboxylic acids is 2. The molecule has 220 valence electrons. The van der Waals surface area contributed by atoms with E-state index in [2.05, 4.69) is 5.32 Å². The lowest BCUT2D eigenvalue weighted by Crippen LogP contribution is -2.52. The van der Waals surface area contributed by atoms with Crippen molar-refractivity contribution in [2.75, 3.05) is 17.4 Å². The molecule has 41 heavy (non-hydrogen) atoms. The van der Waals surface area contributed by atoms with Crippen molar-refractivity contribution in [2.45, 2.75) is 51.6 Å². The zero-order valence-electron chi connectivity index (χ0n) is 23.4. The third kappa shape index (κ3) is 8.61. The van der Waals surface area contributed by atoms with E-state index in [4.69, 9.17) is 34.8 Å². The highest BCUT2D eigenvalue weighted by atomic mass is 35.5. The molecule has 0 fully saturated rings. The highest BCUT2D eigenvalue weighted by Gasteiger charge is 2.34. The third-order valence-corrected chi connectivity index (χ3v) is 9.02. The molecule has 0 radical (unpaired) electrons. The van der Waals surface area contributed by atoms with E-state index < -0.39 is 28.5 Å². The first-order valence-electron chi connectivity index (χ1n) is 13.2. The van der Waals surface area contributed by atoms with E-state index in [1.54, 1.807) is 43.3 Å². The molecule has 11 heteroatoms. The van der Waals surface area contributed by atoms with Gasteiger partial charge in [0, 0.05) is 28.2 Å². The molecule has 0 aliphatic carbocycles. The molecule has 2 amide bonds. The number of nitrogens with zero attached hydrogens (tertiary/aromatic N) is 2. The van der Waals surface area contributed by atoms with Crippen LogP contribution in [0.2, 0.25) is 15.1 Å². The summed E-state index contributed by atoms with van der Waals surface area (Å²) in [4.78, 5) is 28.8. The Labute approximate surface area is 257 Å². The molecule has 0 heterocycles. The van der Waals surface area contributed by atoms with Crippen molar-refractivity contribution in [3.8, 4) is 0 Å². The van der Waals surface area contributed by atoms with Crippen LogP contribution in [-0.2, 0) is 26.2 Å². The monoisotopic (exact) mass is 637 g/mol. The number of amides is 2. The molecule has 7 nitrogen and oxygen atoms in total. The Morgan fingerprint density at radius 3 is 2.17 bits per heavy atom. The van der Waals surface area contributed by atoms with Crippen LogP contribution in [0, 0.1) is 12.8 Å². The molecule has 0 spiro atoms. The number of benzene rings is 3. The summed E-state index contributed by atoms with van der Waals surface area (Å²) in [6.45, 7) is 7.43. The zero-order valence-corrected chi connectivity index (χ0v) is 26.5. The van der Waals surface area contributed by atoms with Crippen molar-refractivity contribution >= 4 is 62.3 Å². The van der Waals surface area contributed by atoms with Gasteiger partial charge in [0.25, 0.3) is 10.0 Å². The van der Waals surface area contributed by atoms with Crippen molar-refractivity contribution in [1.82, 2.24) is 10.2 Å². The highest BCUT2D eigenvalue weighted by molar-refractivity contribution is 7.92. The Bertz CT molecular complexity index is 1480. The summed E-state index contributed by atoms with van der Waals surface area (Å²) in [6, 6.07) is 16.6. The SMILES string of the molecule is CCC(C(=O)NCC(C)C)N(Cc1ccc(Cl)cc1Cl)C(=O)CN(c1cccc(C)c1)S(=O)(=O)c1ccc(Cl)cc1. The number of carbonyl (C=O) groups is 2. The van der Waals surface area contributed by atoms with Crippen molar-refractivity contribution in [3.05, 3.63) is 92.9 Å². The summed E-state index contributed by atoms with van der Waals surface area (Å²) >= 11 is 18.5. The predicted octanol–water partition coefficient (Wildman–Crippen LogP) is 6.73. The Morgan fingerprint density at radius 2 is 1.59 bits per heavy atom. The minimum absolute atomic E-state index is 0.0227. The number of anilines is 1. The summed E-state index contributed by atoms with van der Waals surface area (Å²) < 4.78 is 28.9. The predicted molar refractivity (Wildman–Crippen MR) is 166 cm³/mol. The average molecular weight is 639 g/mol. The molecule has 0 saturated carbocycles. The molecule has 0 saturated heterocycles. The molecule has 0 bridgehead atoms. The Kier molecular flexibility index (Phi) is 11.5. The van der Waals surface area contributed by atoms with Crippen molar-refractivity contribution in [1.29, 1.82) is 0 Å². The van der Waals surface area contributed by atoms with Crippen molar-refractivity contribution in [3.63, 3.8) is 0 Å². The second-order valence-corrected chi connectivity index (χ2v) is 13.3. The van der Waals surface area contributed by atoms with Gasteiger partial charge in [-0.3, -0.25) is 13.9 Å². The van der Waals surface area contributed by atoms with Crippen LogP contribution in [0.5, 0.6) is 0 Å². The minimum atomic E-state index is -4.19. The fraction of sp³-hybridized carbons (Fsp3) is 0.333. The van der Waals surface area contributed by atoms with Crippen LogP contribution in [0.3, 0.4) is 0 Å². The Balaban J connectivity index is 2.07. The van der Waals surface area contributed by atoms with Crippen LogP contribution in [0.15, 0.2) is 71.6 Å². The number of hydrogen-bond acceptors (Lipinski definition) is 4. The van der Waals surface area contributed by atoms with Gasteiger partial charge in [-0.1, -0.05) is 73.8 Å². The van der Waals surface area contributed by atoms with Crippen molar-refractivity contribution < 1.29 is 18.0 Å². The van der Waals surface area contributed by atoms with Gasteiger partial charge in [-0.25, -0.2) is 8.42 Å². The van der Waals surface area contributed by atoms with Gasteiger partial charge in [0.05, 0.1) is 10.6 Å². The normalized spacial score (nSPS) is 12.2. The fourth-order valence-electron chi connectivity index (χ4n) is 4.22. The number of hydrogen-bond donors (Lipinski definition) is 1. The first-order chi connectivity index (χ1) is 19.3. The fourth-order valence-corrected chi connectivity index (χ4v) is 6.22. The molecule has 1 N–H and O–H groups in total. The topological polar surface area (TPSA) is 86.8 Å². The van der Waals surface area contributed by atoms with Gasteiger partial charge in [0.15, 0.2) is 0 Å². The number of aryl methyl sites for hydroxylation is 1. The van der Waals surface area contributed by atoms with E-state index in [-0.39, 0.29) is 23.3 Å². The van der Waals surface area contributed by atoms with Crippen molar-refractivity contribution in [2.24, 2.45) is 5.92 Å². The van der Waals surface area contributed by atoms with Crippen LogP contribution in [0.25, 0.3) is 0 Å². The molecular weight excluding hydrogens is 605 g/mol. The van der Waals surface area contributed by atoms with Gasteiger partial charge >= 0.3 is 0 Å². The van der Waals surface area contributed by atoms with Gasteiger partial charge in [0.1, 0.15) is 12.6 Å². The molecule has 0 aromatic heterocycles. The Hall–Kier alpha value is -2.78. The van der Waals surface area contributed by atoms with E-state index in [0.29, 0.717) is 39.3 Å². The summed E-state index contributed by atoms with van der Waals surface area (Å²) in [5.41, 5.74) is 1.70. The number of nitrogens with one attached hydrogen (secondary N) is 1. The molecule has 3 aromatic carbocycles. The highest BCUT2D eigenvalue weighted by Crippen LogP contribution is 2.28. The first-order valence-corrected chi connectivity index (χ1v) is 15.8. The summed E-state index contributed by atoms with van der Waals surface area (Å²) in [5.74, 6) is -0.698. The van der Waals surface area contributed by atoms with Gasteiger partial charge in [-0.15, -0.1) is 0 Å². The van der Waals surface area contributed by atoms with E-state index in [0.717, 1.165) is 9.87 Å². The van der Waals surface area contributed by atoms with Crippen LogP contribution in [-0.4, -0.2) is 44.3 Å². The standard InChI is InChI=1S/C30H34Cl3N3O4S/c1-5-28(30(38)34-17-20(2)3)35(18-22-9-10-24(32)16-27(22)33)29(37)19-36(25-8-6-7-21(4)15-25)41(39,40)26-13-11-23(31)12-14-26/h6-16,20,28H,5,17-19H2,1-4H3,(H,34,38). The lowest BCUT2D eigenvalue weighted by Gasteiger charge is -2.33. The average Bonchev–Trinajstić information content (AvgIpc) is 2.91. The molecule has 1 unspecified atom stereocenters. The quantitative estimate of drug-likeness (QED) is 0.238.